The SMILES string of the molecule is Cc1ccc(C)c(CS(=O)(=O)NCCCc2ccc(N3CCCCC3)cc2)c1. The van der Waals surface area contributed by atoms with Crippen LogP contribution in [0, 0.1) is 13.8 Å². The van der Waals surface area contributed by atoms with Crippen LogP contribution in [-0.4, -0.2) is 28.1 Å². The first-order chi connectivity index (χ1) is 13.4. The molecule has 1 heterocycles. The number of aryl methyl sites for hydroxylation is 3. The van der Waals surface area contributed by atoms with Crippen LogP contribution >= 0.6 is 0 Å². The highest BCUT2D eigenvalue weighted by Gasteiger charge is 2.13. The summed E-state index contributed by atoms with van der Waals surface area (Å²) >= 11 is 0. The van der Waals surface area contributed by atoms with Crippen LogP contribution in [0.5, 0.6) is 0 Å². The van der Waals surface area contributed by atoms with Crippen LogP contribution in [0.1, 0.15) is 47.9 Å². The van der Waals surface area contributed by atoms with Crippen LogP contribution in [0.25, 0.3) is 0 Å². The number of nitrogens with zero attached hydrogens (tertiary/aromatic N) is 1. The van der Waals surface area contributed by atoms with E-state index in [1.165, 1.54) is 30.5 Å². The number of nitrogens with one attached hydrogen (secondary N) is 1. The van der Waals surface area contributed by atoms with E-state index in [2.05, 4.69) is 33.9 Å². The number of benzene rings is 2. The lowest BCUT2D eigenvalue weighted by atomic mass is 10.1. The zero-order valence-electron chi connectivity index (χ0n) is 17.1. The lowest BCUT2D eigenvalue weighted by Crippen LogP contribution is -2.29. The van der Waals surface area contributed by atoms with Crippen molar-refractivity contribution in [2.24, 2.45) is 0 Å². The number of hydrogen-bond donors (Lipinski definition) is 1. The normalized spacial score (nSPS) is 15.0. The maximum absolute atomic E-state index is 12.4. The van der Waals surface area contributed by atoms with E-state index in [4.69, 9.17) is 0 Å². The second-order valence-electron chi connectivity index (χ2n) is 7.90. The number of hydrogen-bond acceptors (Lipinski definition) is 3. The predicted octanol–water partition coefficient (Wildman–Crippen LogP) is 4.35. The van der Waals surface area contributed by atoms with Gasteiger partial charge in [-0.15, -0.1) is 0 Å². The van der Waals surface area contributed by atoms with Crippen molar-refractivity contribution in [2.75, 3.05) is 24.5 Å². The highest BCUT2D eigenvalue weighted by Crippen LogP contribution is 2.20. The van der Waals surface area contributed by atoms with Gasteiger partial charge in [0.1, 0.15) is 0 Å². The standard InChI is InChI=1S/C23H32N2O2S/c1-19-8-9-20(2)22(17-19)18-28(26,27)24-14-6-7-21-10-12-23(13-11-21)25-15-4-3-5-16-25/h8-13,17,24H,3-7,14-16,18H2,1-2H3. The number of rotatable bonds is 8. The molecule has 0 radical (unpaired) electrons. The van der Waals surface area contributed by atoms with Gasteiger partial charge in [-0.2, -0.15) is 0 Å². The van der Waals surface area contributed by atoms with Gasteiger partial charge in [0.2, 0.25) is 10.0 Å². The summed E-state index contributed by atoms with van der Waals surface area (Å²) in [6.45, 7) is 6.72. The van der Waals surface area contributed by atoms with E-state index in [0.29, 0.717) is 6.54 Å². The Labute approximate surface area is 170 Å². The molecule has 1 aliphatic heterocycles. The van der Waals surface area contributed by atoms with Crippen LogP contribution in [0.4, 0.5) is 5.69 Å². The summed E-state index contributed by atoms with van der Waals surface area (Å²) in [6, 6.07) is 14.7. The first kappa shape index (κ1) is 20.9. The van der Waals surface area contributed by atoms with E-state index < -0.39 is 10.0 Å². The molecule has 0 spiro atoms. The Morgan fingerprint density at radius 2 is 1.68 bits per heavy atom. The summed E-state index contributed by atoms with van der Waals surface area (Å²) in [5.41, 5.74) is 5.54. The molecule has 0 bridgehead atoms. The highest BCUT2D eigenvalue weighted by atomic mass is 32.2. The monoisotopic (exact) mass is 400 g/mol. The van der Waals surface area contributed by atoms with Crippen molar-refractivity contribution in [2.45, 2.75) is 51.7 Å². The quantitative estimate of drug-likeness (QED) is 0.671. The molecule has 28 heavy (non-hydrogen) atoms. The minimum Gasteiger partial charge on any atom is -0.372 e. The van der Waals surface area contributed by atoms with Gasteiger partial charge in [-0.1, -0.05) is 35.9 Å². The van der Waals surface area contributed by atoms with E-state index in [1.54, 1.807) is 0 Å². The third-order valence-corrected chi connectivity index (χ3v) is 6.81. The van der Waals surface area contributed by atoms with Gasteiger partial charge in [-0.25, -0.2) is 13.1 Å². The third-order valence-electron chi connectivity index (χ3n) is 5.47. The van der Waals surface area contributed by atoms with E-state index in [0.717, 1.165) is 42.6 Å². The fraction of sp³-hybridized carbons (Fsp3) is 0.478. The topological polar surface area (TPSA) is 49.4 Å². The van der Waals surface area contributed by atoms with Crippen molar-refractivity contribution in [3.05, 3.63) is 64.7 Å². The predicted molar refractivity (Wildman–Crippen MR) is 117 cm³/mol. The zero-order valence-corrected chi connectivity index (χ0v) is 17.9. The molecule has 2 aromatic rings. The molecule has 0 aliphatic carbocycles. The largest absolute Gasteiger partial charge is 0.372 e. The smallest absolute Gasteiger partial charge is 0.215 e. The van der Waals surface area contributed by atoms with Gasteiger partial charge in [0.15, 0.2) is 0 Å². The van der Waals surface area contributed by atoms with Gasteiger partial charge in [0.25, 0.3) is 0 Å². The minimum atomic E-state index is -3.31. The van der Waals surface area contributed by atoms with Gasteiger partial charge >= 0.3 is 0 Å². The summed E-state index contributed by atoms with van der Waals surface area (Å²) in [6.07, 6.45) is 5.59. The van der Waals surface area contributed by atoms with E-state index >= 15 is 0 Å². The lowest BCUT2D eigenvalue weighted by Gasteiger charge is -2.28. The molecule has 0 aromatic heterocycles. The van der Waals surface area contributed by atoms with Gasteiger partial charge in [0.05, 0.1) is 5.75 Å². The molecule has 0 saturated carbocycles. The molecule has 2 aromatic carbocycles. The van der Waals surface area contributed by atoms with Crippen molar-refractivity contribution in [3.63, 3.8) is 0 Å². The summed E-state index contributed by atoms with van der Waals surface area (Å²) in [5.74, 6) is 0.0467. The molecule has 4 nitrogen and oxygen atoms in total. The average molecular weight is 401 g/mol. The first-order valence-electron chi connectivity index (χ1n) is 10.3. The van der Waals surface area contributed by atoms with Gasteiger partial charge in [-0.05, 0) is 74.8 Å². The molecule has 0 atom stereocenters. The van der Waals surface area contributed by atoms with Crippen molar-refractivity contribution in [3.8, 4) is 0 Å². The Hall–Kier alpha value is -1.85. The van der Waals surface area contributed by atoms with Crippen LogP contribution < -0.4 is 9.62 Å². The Morgan fingerprint density at radius 1 is 0.964 bits per heavy atom. The minimum absolute atomic E-state index is 0.0467. The van der Waals surface area contributed by atoms with E-state index in [-0.39, 0.29) is 5.75 Å². The summed E-state index contributed by atoms with van der Waals surface area (Å²) in [5, 5.41) is 0. The Morgan fingerprint density at radius 3 is 2.39 bits per heavy atom. The van der Waals surface area contributed by atoms with E-state index in [1.807, 2.05) is 32.0 Å². The second kappa shape index (κ2) is 9.57. The van der Waals surface area contributed by atoms with Crippen LogP contribution in [0.2, 0.25) is 0 Å². The molecule has 1 saturated heterocycles. The molecule has 1 aliphatic rings. The van der Waals surface area contributed by atoms with E-state index in [9.17, 15) is 8.42 Å². The van der Waals surface area contributed by atoms with Crippen LogP contribution in [-0.2, 0) is 22.2 Å². The Balaban J connectivity index is 1.45. The molecule has 152 valence electrons. The number of sulfonamides is 1. The molecule has 0 unspecified atom stereocenters. The third kappa shape index (κ3) is 6.08. The molecule has 1 N–H and O–H groups in total. The molecule has 1 fully saturated rings. The number of piperidine rings is 1. The average Bonchev–Trinajstić information content (AvgIpc) is 2.69. The molecular weight excluding hydrogens is 368 g/mol. The summed E-state index contributed by atoms with van der Waals surface area (Å²) < 4.78 is 27.5. The molecule has 5 heteroatoms. The molecule has 3 rings (SSSR count). The van der Waals surface area contributed by atoms with Crippen molar-refractivity contribution in [1.82, 2.24) is 4.72 Å². The van der Waals surface area contributed by atoms with Crippen molar-refractivity contribution >= 4 is 15.7 Å². The lowest BCUT2D eigenvalue weighted by molar-refractivity contribution is 0.577. The highest BCUT2D eigenvalue weighted by molar-refractivity contribution is 7.88. The zero-order chi connectivity index (χ0) is 20.0. The first-order valence-corrected chi connectivity index (χ1v) is 12.0. The summed E-state index contributed by atoms with van der Waals surface area (Å²) in [7, 11) is -3.31. The molecular formula is C23H32N2O2S. The maximum atomic E-state index is 12.4. The second-order valence-corrected chi connectivity index (χ2v) is 9.71. The number of anilines is 1. The van der Waals surface area contributed by atoms with Gasteiger partial charge in [-0.3, -0.25) is 0 Å². The van der Waals surface area contributed by atoms with Crippen LogP contribution in [0.15, 0.2) is 42.5 Å². The fourth-order valence-corrected chi connectivity index (χ4v) is 5.04. The Bertz CT molecular complexity index is 870. The van der Waals surface area contributed by atoms with Crippen LogP contribution in [0.3, 0.4) is 0 Å². The van der Waals surface area contributed by atoms with Gasteiger partial charge < -0.3 is 4.90 Å². The fourth-order valence-electron chi connectivity index (χ4n) is 3.76. The Kier molecular flexibility index (Phi) is 7.13. The van der Waals surface area contributed by atoms with Crippen molar-refractivity contribution < 1.29 is 8.42 Å². The van der Waals surface area contributed by atoms with Gasteiger partial charge in [0, 0.05) is 25.3 Å². The summed E-state index contributed by atoms with van der Waals surface area (Å²) in [4.78, 5) is 2.45. The molecule has 0 amide bonds. The maximum Gasteiger partial charge on any atom is 0.215 e. The van der Waals surface area contributed by atoms with Crippen molar-refractivity contribution in [1.29, 1.82) is 0 Å².